The lowest BCUT2D eigenvalue weighted by Crippen LogP contribution is -1.95. The average Bonchev–Trinajstić information content (AvgIpc) is 2.71. The third-order valence-electron chi connectivity index (χ3n) is 1.75. The highest BCUT2D eigenvalue weighted by molar-refractivity contribution is 5.86. The van der Waals surface area contributed by atoms with Crippen molar-refractivity contribution in [3.05, 3.63) is 18.1 Å². The maximum Gasteiger partial charge on any atom is 0.353 e. The average molecular weight is 193 g/mol. The molecule has 0 aromatic carbocycles. The Morgan fingerprint density at radius 3 is 2.93 bits per heavy atom. The fourth-order valence-electron chi connectivity index (χ4n) is 1.06. The molecule has 2 heterocycles. The summed E-state index contributed by atoms with van der Waals surface area (Å²) in [5.74, 6) is -0.528. The quantitative estimate of drug-likeness (QED) is 0.694. The second-order valence-corrected chi connectivity index (χ2v) is 2.74. The van der Waals surface area contributed by atoms with E-state index in [0.29, 0.717) is 11.5 Å². The molecule has 7 nitrogen and oxygen atoms in total. The highest BCUT2D eigenvalue weighted by atomic mass is 16.4. The van der Waals surface area contributed by atoms with Crippen molar-refractivity contribution in [3.63, 3.8) is 0 Å². The summed E-state index contributed by atoms with van der Waals surface area (Å²) in [6, 6.07) is 1.41. The third kappa shape index (κ3) is 1.24. The smallest absolute Gasteiger partial charge is 0.353 e. The maximum atomic E-state index is 10.6. The van der Waals surface area contributed by atoms with Gasteiger partial charge < -0.3 is 9.67 Å². The SMILES string of the molecule is Cn1cnnc1-c1cc(C(=O)O)[nH]n1. The van der Waals surface area contributed by atoms with Gasteiger partial charge in [-0.25, -0.2) is 4.79 Å². The Morgan fingerprint density at radius 2 is 2.43 bits per heavy atom. The second kappa shape index (κ2) is 2.95. The lowest BCUT2D eigenvalue weighted by atomic mass is 10.3. The minimum Gasteiger partial charge on any atom is -0.477 e. The number of nitrogens with zero attached hydrogens (tertiary/aromatic N) is 4. The second-order valence-electron chi connectivity index (χ2n) is 2.74. The molecular weight excluding hydrogens is 186 g/mol. The van der Waals surface area contributed by atoms with E-state index in [0.717, 1.165) is 0 Å². The van der Waals surface area contributed by atoms with Gasteiger partial charge in [0.25, 0.3) is 0 Å². The summed E-state index contributed by atoms with van der Waals surface area (Å²) in [5, 5.41) is 22.3. The van der Waals surface area contributed by atoms with Gasteiger partial charge in [-0.3, -0.25) is 5.10 Å². The van der Waals surface area contributed by atoms with Crippen LogP contribution in [0.2, 0.25) is 0 Å². The van der Waals surface area contributed by atoms with E-state index in [1.165, 1.54) is 12.4 Å². The Kier molecular flexibility index (Phi) is 1.77. The predicted molar refractivity (Wildman–Crippen MR) is 45.5 cm³/mol. The van der Waals surface area contributed by atoms with Crippen molar-refractivity contribution in [1.29, 1.82) is 0 Å². The van der Waals surface area contributed by atoms with E-state index in [4.69, 9.17) is 5.11 Å². The molecule has 0 aliphatic heterocycles. The molecule has 0 saturated carbocycles. The highest BCUT2D eigenvalue weighted by Gasteiger charge is 2.12. The van der Waals surface area contributed by atoms with Crippen molar-refractivity contribution < 1.29 is 9.90 Å². The third-order valence-corrected chi connectivity index (χ3v) is 1.75. The van der Waals surface area contributed by atoms with Gasteiger partial charge in [0.15, 0.2) is 5.82 Å². The normalized spacial score (nSPS) is 10.4. The molecule has 14 heavy (non-hydrogen) atoms. The van der Waals surface area contributed by atoms with E-state index in [2.05, 4.69) is 20.4 Å². The highest BCUT2D eigenvalue weighted by Crippen LogP contribution is 2.13. The van der Waals surface area contributed by atoms with Gasteiger partial charge in [0.05, 0.1) is 0 Å². The van der Waals surface area contributed by atoms with Crippen LogP contribution >= 0.6 is 0 Å². The number of carboxylic acids is 1. The van der Waals surface area contributed by atoms with E-state index < -0.39 is 5.97 Å². The fraction of sp³-hybridized carbons (Fsp3) is 0.143. The summed E-state index contributed by atoms with van der Waals surface area (Å²) in [6.45, 7) is 0. The zero-order valence-corrected chi connectivity index (χ0v) is 7.30. The first kappa shape index (κ1) is 8.42. The van der Waals surface area contributed by atoms with Crippen LogP contribution in [0.1, 0.15) is 10.5 Å². The standard InChI is InChI=1S/C7H7N5O2/c1-12-3-8-11-6(12)4-2-5(7(13)14)10-9-4/h2-3H,1H3,(H,9,10)(H,13,14). The molecule has 0 bridgehead atoms. The zero-order valence-electron chi connectivity index (χ0n) is 7.30. The molecule has 0 radical (unpaired) electrons. The molecule has 0 aliphatic rings. The van der Waals surface area contributed by atoms with Crippen molar-refractivity contribution in [2.45, 2.75) is 0 Å². The van der Waals surface area contributed by atoms with E-state index in [1.807, 2.05) is 0 Å². The van der Waals surface area contributed by atoms with Gasteiger partial charge in [-0.05, 0) is 0 Å². The van der Waals surface area contributed by atoms with Crippen molar-refractivity contribution in [1.82, 2.24) is 25.0 Å². The van der Waals surface area contributed by atoms with Crippen LogP contribution < -0.4 is 0 Å². The largest absolute Gasteiger partial charge is 0.477 e. The monoisotopic (exact) mass is 193 g/mol. The number of aromatic carboxylic acids is 1. The van der Waals surface area contributed by atoms with E-state index in [9.17, 15) is 4.79 Å². The molecule has 7 heteroatoms. The van der Waals surface area contributed by atoms with Crippen LogP contribution in [0.15, 0.2) is 12.4 Å². The number of aromatic nitrogens is 5. The number of carbonyl (C=O) groups is 1. The van der Waals surface area contributed by atoms with Crippen LogP contribution in [-0.2, 0) is 7.05 Å². The van der Waals surface area contributed by atoms with Crippen LogP contribution in [-0.4, -0.2) is 36.0 Å². The molecule has 0 spiro atoms. The van der Waals surface area contributed by atoms with Crippen LogP contribution in [0.25, 0.3) is 11.5 Å². The number of hydrogen-bond acceptors (Lipinski definition) is 4. The molecule has 2 aromatic heterocycles. The van der Waals surface area contributed by atoms with Gasteiger partial charge in [-0.15, -0.1) is 10.2 Å². The predicted octanol–water partition coefficient (Wildman–Crippen LogP) is -0.0966. The van der Waals surface area contributed by atoms with Crippen molar-refractivity contribution in [3.8, 4) is 11.5 Å². The summed E-state index contributed by atoms with van der Waals surface area (Å²) >= 11 is 0. The Balaban J connectivity index is 2.43. The number of aryl methyl sites for hydroxylation is 1. The van der Waals surface area contributed by atoms with Gasteiger partial charge in [0, 0.05) is 13.1 Å². The Labute approximate surface area is 78.4 Å². The Hall–Kier alpha value is -2.18. The minimum absolute atomic E-state index is 0.0306. The maximum absolute atomic E-state index is 10.6. The van der Waals surface area contributed by atoms with Crippen LogP contribution in [0.3, 0.4) is 0 Å². The molecule has 0 unspecified atom stereocenters. The Morgan fingerprint density at radius 1 is 1.64 bits per heavy atom. The summed E-state index contributed by atoms with van der Waals surface area (Å²) in [6.07, 6.45) is 1.52. The van der Waals surface area contributed by atoms with Crippen LogP contribution in [0, 0.1) is 0 Å². The van der Waals surface area contributed by atoms with Crippen LogP contribution in [0.5, 0.6) is 0 Å². The van der Waals surface area contributed by atoms with E-state index >= 15 is 0 Å². The number of hydrogen-bond donors (Lipinski definition) is 2. The van der Waals surface area contributed by atoms with Gasteiger partial charge >= 0.3 is 5.97 Å². The van der Waals surface area contributed by atoms with Crippen LogP contribution in [0.4, 0.5) is 0 Å². The first-order valence-electron chi connectivity index (χ1n) is 3.81. The van der Waals surface area contributed by atoms with Crippen molar-refractivity contribution >= 4 is 5.97 Å². The first-order valence-corrected chi connectivity index (χ1v) is 3.81. The number of rotatable bonds is 2. The number of H-pyrrole nitrogens is 1. The summed E-state index contributed by atoms with van der Waals surface area (Å²) in [7, 11) is 1.75. The molecule has 0 amide bonds. The Bertz CT molecular complexity index is 472. The summed E-state index contributed by atoms with van der Waals surface area (Å²) in [5.41, 5.74) is 0.491. The van der Waals surface area contributed by atoms with E-state index in [1.54, 1.807) is 11.6 Å². The topological polar surface area (TPSA) is 96.7 Å². The lowest BCUT2D eigenvalue weighted by Gasteiger charge is -1.92. The summed E-state index contributed by atoms with van der Waals surface area (Å²) in [4.78, 5) is 10.6. The van der Waals surface area contributed by atoms with Gasteiger partial charge in [-0.1, -0.05) is 0 Å². The minimum atomic E-state index is -1.05. The number of nitrogens with one attached hydrogen (secondary N) is 1. The molecule has 2 N–H and O–H groups in total. The summed E-state index contributed by atoms with van der Waals surface area (Å²) < 4.78 is 1.65. The van der Waals surface area contributed by atoms with Crippen molar-refractivity contribution in [2.24, 2.45) is 7.05 Å². The molecule has 2 rings (SSSR count). The van der Waals surface area contributed by atoms with Crippen molar-refractivity contribution in [2.75, 3.05) is 0 Å². The first-order chi connectivity index (χ1) is 6.68. The zero-order chi connectivity index (χ0) is 10.1. The molecule has 72 valence electrons. The number of carboxylic acid groups (broad SMARTS) is 1. The molecular formula is C7H7N5O2. The molecule has 0 atom stereocenters. The van der Waals surface area contributed by atoms with Gasteiger partial charge in [-0.2, -0.15) is 5.10 Å². The number of aromatic amines is 1. The molecule has 0 saturated heterocycles. The van der Waals surface area contributed by atoms with Gasteiger partial charge in [0.2, 0.25) is 0 Å². The van der Waals surface area contributed by atoms with Gasteiger partial charge in [0.1, 0.15) is 17.7 Å². The molecule has 2 aromatic rings. The van der Waals surface area contributed by atoms with E-state index in [-0.39, 0.29) is 5.69 Å². The lowest BCUT2D eigenvalue weighted by molar-refractivity contribution is 0.0690. The fourth-order valence-corrected chi connectivity index (χ4v) is 1.06. The molecule has 0 fully saturated rings. The molecule has 0 aliphatic carbocycles.